The minimum atomic E-state index is -0.422. The zero-order chi connectivity index (χ0) is 12.8. The first-order chi connectivity index (χ1) is 8.00. The average Bonchev–Trinajstić information content (AvgIpc) is 2.29. The molecule has 0 aromatic heterocycles. The smallest absolute Gasteiger partial charge is 0.248 e. The van der Waals surface area contributed by atoms with E-state index in [4.69, 9.17) is 5.73 Å². The highest BCUT2D eigenvalue weighted by Crippen LogP contribution is 2.05. The first-order valence-electron chi connectivity index (χ1n) is 5.78. The molecule has 1 rings (SSSR count). The van der Waals surface area contributed by atoms with Gasteiger partial charge in [0, 0.05) is 18.7 Å². The molecule has 0 aliphatic heterocycles. The van der Waals surface area contributed by atoms with Crippen LogP contribution in [0, 0.1) is 5.92 Å². The van der Waals surface area contributed by atoms with E-state index >= 15 is 0 Å². The first kappa shape index (κ1) is 13.7. The van der Waals surface area contributed by atoms with Crippen LogP contribution < -0.4 is 11.1 Å². The van der Waals surface area contributed by atoms with Gasteiger partial charge in [0.2, 0.25) is 5.91 Å². The van der Waals surface area contributed by atoms with Gasteiger partial charge in [0.15, 0.2) is 0 Å². The lowest BCUT2D eigenvalue weighted by atomic mass is 10.1. The number of nitrogens with two attached hydrogens (primary N) is 1. The number of aliphatic hydroxyl groups excluding tert-OH is 1. The summed E-state index contributed by atoms with van der Waals surface area (Å²) in [5, 5.41) is 12.8. The standard InChI is InChI=1S/C13H20N2O2/c1-9(2)12(16)8-15-7-10-4-3-5-11(6-10)13(14)17/h3-6,9,12,15-16H,7-8H2,1-2H3,(H2,14,17). The molecule has 4 N–H and O–H groups in total. The molecule has 4 heteroatoms. The number of carbonyl (C=O) groups excluding carboxylic acids is 1. The van der Waals surface area contributed by atoms with Crippen LogP contribution in [0.4, 0.5) is 0 Å². The monoisotopic (exact) mass is 236 g/mol. The van der Waals surface area contributed by atoms with E-state index in [2.05, 4.69) is 5.32 Å². The van der Waals surface area contributed by atoms with Gasteiger partial charge >= 0.3 is 0 Å². The maximum atomic E-state index is 11.0. The Morgan fingerprint density at radius 1 is 1.47 bits per heavy atom. The maximum absolute atomic E-state index is 11.0. The molecule has 0 fully saturated rings. The van der Waals surface area contributed by atoms with Crippen LogP contribution in [0.15, 0.2) is 24.3 Å². The van der Waals surface area contributed by atoms with Gasteiger partial charge in [-0.25, -0.2) is 0 Å². The highest BCUT2D eigenvalue weighted by Gasteiger charge is 2.08. The summed E-state index contributed by atoms with van der Waals surface area (Å²) in [4.78, 5) is 11.0. The number of nitrogens with one attached hydrogen (secondary N) is 1. The second-order valence-electron chi connectivity index (χ2n) is 4.51. The molecular formula is C13H20N2O2. The van der Waals surface area contributed by atoms with E-state index in [1.54, 1.807) is 18.2 Å². The Morgan fingerprint density at radius 2 is 2.18 bits per heavy atom. The summed E-state index contributed by atoms with van der Waals surface area (Å²) in [6, 6.07) is 7.17. The largest absolute Gasteiger partial charge is 0.392 e. The predicted octanol–water partition coefficient (Wildman–Crippen LogP) is 0.892. The summed E-state index contributed by atoms with van der Waals surface area (Å²) in [7, 11) is 0. The normalized spacial score (nSPS) is 12.7. The molecule has 0 saturated carbocycles. The molecule has 1 aromatic carbocycles. The summed E-state index contributed by atoms with van der Waals surface area (Å²) < 4.78 is 0. The van der Waals surface area contributed by atoms with Crippen molar-refractivity contribution in [2.24, 2.45) is 11.7 Å². The summed E-state index contributed by atoms with van der Waals surface area (Å²) >= 11 is 0. The topological polar surface area (TPSA) is 75.3 Å². The number of amides is 1. The minimum Gasteiger partial charge on any atom is -0.392 e. The van der Waals surface area contributed by atoms with Crippen molar-refractivity contribution in [1.82, 2.24) is 5.32 Å². The quantitative estimate of drug-likeness (QED) is 0.686. The molecule has 1 unspecified atom stereocenters. The fraction of sp³-hybridized carbons (Fsp3) is 0.462. The van der Waals surface area contributed by atoms with E-state index in [1.807, 2.05) is 19.9 Å². The van der Waals surface area contributed by atoms with Gasteiger partial charge in [0.1, 0.15) is 0 Å². The van der Waals surface area contributed by atoms with Crippen molar-refractivity contribution in [3.63, 3.8) is 0 Å². The van der Waals surface area contributed by atoms with Gasteiger partial charge in [0.05, 0.1) is 6.10 Å². The zero-order valence-electron chi connectivity index (χ0n) is 10.3. The molecule has 1 atom stereocenters. The first-order valence-corrected chi connectivity index (χ1v) is 5.78. The molecule has 0 heterocycles. The van der Waals surface area contributed by atoms with Crippen molar-refractivity contribution in [2.75, 3.05) is 6.54 Å². The lowest BCUT2D eigenvalue weighted by Crippen LogP contribution is -2.30. The number of carbonyl (C=O) groups is 1. The van der Waals surface area contributed by atoms with Gasteiger partial charge in [-0.15, -0.1) is 0 Å². The SMILES string of the molecule is CC(C)C(O)CNCc1cccc(C(N)=O)c1. The van der Waals surface area contributed by atoms with E-state index in [-0.39, 0.29) is 12.0 Å². The molecule has 0 bridgehead atoms. The maximum Gasteiger partial charge on any atom is 0.248 e. The summed E-state index contributed by atoms with van der Waals surface area (Å²) in [5.74, 6) is -0.187. The van der Waals surface area contributed by atoms with Crippen LogP contribution in [-0.4, -0.2) is 23.7 Å². The van der Waals surface area contributed by atoms with E-state index in [9.17, 15) is 9.90 Å². The molecular weight excluding hydrogens is 216 g/mol. The van der Waals surface area contributed by atoms with Crippen LogP contribution in [0.25, 0.3) is 0 Å². The summed E-state index contributed by atoms with van der Waals surface area (Å²) in [5.41, 5.74) is 6.69. The fourth-order valence-corrected chi connectivity index (χ4v) is 1.43. The second kappa shape index (κ2) is 6.37. The van der Waals surface area contributed by atoms with Crippen molar-refractivity contribution in [3.05, 3.63) is 35.4 Å². The van der Waals surface area contributed by atoms with Gasteiger partial charge in [-0.05, 0) is 23.6 Å². The average molecular weight is 236 g/mol. The Kier molecular flexibility index (Phi) is 5.12. The van der Waals surface area contributed by atoms with E-state index in [1.165, 1.54) is 0 Å². The highest BCUT2D eigenvalue weighted by molar-refractivity contribution is 5.92. The predicted molar refractivity (Wildman–Crippen MR) is 67.5 cm³/mol. The van der Waals surface area contributed by atoms with Crippen LogP contribution in [-0.2, 0) is 6.54 Å². The number of hydrogen-bond acceptors (Lipinski definition) is 3. The molecule has 0 aliphatic rings. The van der Waals surface area contributed by atoms with Gasteiger partial charge in [-0.1, -0.05) is 26.0 Å². The number of benzene rings is 1. The van der Waals surface area contributed by atoms with Crippen molar-refractivity contribution in [1.29, 1.82) is 0 Å². The lowest BCUT2D eigenvalue weighted by Gasteiger charge is -2.15. The summed E-state index contributed by atoms with van der Waals surface area (Å²) in [6.45, 7) is 5.10. The fourth-order valence-electron chi connectivity index (χ4n) is 1.43. The van der Waals surface area contributed by atoms with Crippen molar-refractivity contribution in [2.45, 2.75) is 26.5 Å². The molecule has 0 spiro atoms. The Hall–Kier alpha value is -1.39. The van der Waals surface area contributed by atoms with E-state index in [0.29, 0.717) is 18.7 Å². The molecule has 1 aromatic rings. The van der Waals surface area contributed by atoms with E-state index in [0.717, 1.165) is 5.56 Å². The van der Waals surface area contributed by atoms with Crippen molar-refractivity contribution < 1.29 is 9.90 Å². The molecule has 17 heavy (non-hydrogen) atoms. The van der Waals surface area contributed by atoms with Crippen molar-refractivity contribution in [3.8, 4) is 0 Å². The Balaban J connectivity index is 2.47. The van der Waals surface area contributed by atoms with Crippen LogP contribution in [0.5, 0.6) is 0 Å². The highest BCUT2D eigenvalue weighted by atomic mass is 16.3. The van der Waals surface area contributed by atoms with Crippen LogP contribution in [0.1, 0.15) is 29.8 Å². The van der Waals surface area contributed by atoms with Crippen LogP contribution in [0.3, 0.4) is 0 Å². The third-order valence-electron chi connectivity index (χ3n) is 2.66. The molecule has 0 radical (unpaired) electrons. The Morgan fingerprint density at radius 3 is 2.76 bits per heavy atom. The molecule has 0 saturated heterocycles. The van der Waals surface area contributed by atoms with Crippen LogP contribution in [0.2, 0.25) is 0 Å². The second-order valence-corrected chi connectivity index (χ2v) is 4.51. The Labute approximate surface area is 102 Å². The van der Waals surface area contributed by atoms with E-state index < -0.39 is 5.91 Å². The number of primary amides is 1. The molecule has 0 aliphatic carbocycles. The van der Waals surface area contributed by atoms with Crippen LogP contribution >= 0.6 is 0 Å². The third kappa shape index (κ3) is 4.54. The van der Waals surface area contributed by atoms with Gasteiger partial charge in [-0.2, -0.15) is 0 Å². The molecule has 4 nitrogen and oxygen atoms in total. The Bertz CT molecular complexity index is 377. The number of hydrogen-bond donors (Lipinski definition) is 3. The molecule has 94 valence electrons. The third-order valence-corrected chi connectivity index (χ3v) is 2.66. The number of rotatable bonds is 6. The van der Waals surface area contributed by atoms with Gasteiger partial charge in [0.25, 0.3) is 0 Å². The summed E-state index contributed by atoms with van der Waals surface area (Å²) in [6.07, 6.45) is -0.352. The minimum absolute atomic E-state index is 0.236. The van der Waals surface area contributed by atoms with Gasteiger partial charge in [-0.3, -0.25) is 4.79 Å². The van der Waals surface area contributed by atoms with Crippen molar-refractivity contribution >= 4 is 5.91 Å². The zero-order valence-corrected chi connectivity index (χ0v) is 10.3. The lowest BCUT2D eigenvalue weighted by molar-refractivity contribution is 0.1000. The molecule has 1 amide bonds. The number of aliphatic hydroxyl groups is 1. The van der Waals surface area contributed by atoms with Gasteiger partial charge < -0.3 is 16.2 Å².